The molecule has 0 aromatic heterocycles. The molecule has 0 amide bonds. The van der Waals surface area contributed by atoms with Gasteiger partial charge in [0.1, 0.15) is 5.82 Å². The lowest BCUT2D eigenvalue weighted by Crippen LogP contribution is -2.41. The van der Waals surface area contributed by atoms with Gasteiger partial charge in [-0.05, 0) is 86.8 Å². The average Bonchev–Trinajstić information content (AvgIpc) is 2.83. The van der Waals surface area contributed by atoms with E-state index in [1.54, 1.807) is 0 Å². The molecule has 1 aliphatic heterocycles. The normalized spacial score (nSPS) is 33.1. The van der Waals surface area contributed by atoms with Crippen molar-refractivity contribution in [1.82, 2.24) is 0 Å². The molecule has 0 N–H and O–H groups in total. The van der Waals surface area contributed by atoms with Crippen LogP contribution in [-0.2, 0) is 22.1 Å². The van der Waals surface area contributed by atoms with Gasteiger partial charge in [0, 0.05) is 11.8 Å². The third kappa shape index (κ3) is 6.75. The van der Waals surface area contributed by atoms with Crippen molar-refractivity contribution in [2.75, 3.05) is 13.2 Å². The molecule has 1 aromatic carbocycles. The largest absolute Gasteiger partial charge is 0.419 e. The zero-order valence-corrected chi connectivity index (χ0v) is 20.4. The second kappa shape index (κ2) is 11.7. The summed E-state index contributed by atoms with van der Waals surface area (Å²) >= 11 is 0. The Balaban J connectivity index is 1.15. The van der Waals surface area contributed by atoms with Crippen LogP contribution in [0, 0.1) is 35.4 Å². The summed E-state index contributed by atoms with van der Waals surface area (Å²) in [5, 5.41) is 0. The third-order valence-electron chi connectivity index (χ3n) is 8.66. The molecule has 0 unspecified atom stereocenters. The molecule has 0 spiro atoms. The van der Waals surface area contributed by atoms with Crippen LogP contribution in [0.1, 0.15) is 88.7 Å². The maximum Gasteiger partial charge on any atom is 0.419 e. The minimum atomic E-state index is -4.64. The maximum atomic E-state index is 13.8. The van der Waals surface area contributed by atoms with Gasteiger partial charge in [0.15, 0.2) is 6.29 Å². The van der Waals surface area contributed by atoms with Crippen LogP contribution in [0.3, 0.4) is 0 Å². The smallest absolute Gasteiger partial charge is 0.352 e. The van der Waals surface area contributed by atoms with Gasteiger partial charge in [0.05, 0.1) is 18.8 Å². The van der Waals surface area contributed by atoms with Crippen LogP contribution in [0.2, 0.25) is 0 Å². The monoisotopic (exact) mass is 484 g/mol. The fourth-order valence-electron chi connectivity index (χ4n) is 6.50. The van der Waals surface area contributed by atoms with Crippen molar-refractivity contribution in [3.63, 3.8) is 0 Å². The Hall–Kier alpha value is -1.14. The fraction of sp³-hybridized carbons (Fsp3) is 0.786. The summed E-state index contributed by atoms with van der Waals surface area (Å²) in [7, 11) is 0. The molecule has 0 radical (unpaired) electrons. The SMILES string of the molecule is CCCC1CCC(C2COC(C3CCC(CCc4ccc(C(F)(F)F)c(F)c4)CC3)OC2)CC1. The second-order valence-electron chi connectivity index (χ2n) is 11.0. The van der Waals surface area contributed by atoms with Crippen LogP contribution >= 0.6 is 0 Å². The van der Waals surface area contributed by atoms with Gasteiger partial charge in [-0.25, -0.2) is 4.39 Å². The van der Waals surface area contributed by atoms with E-state index in [-0.39, 0.29) is 6.29 Å². The topological polar surface area (TPSA) is 18.5 Å². The van der Waals surface area contributed by atoms with Crippen molar-refractivity contribution in [1.29, 1.82) is 0 Å². The van der Waals surface area contributed by atoms with E-state index >= 15 is 0 Å². The molecule has 0 atom stereocenters. The van der Waals surface area contributed by atoms with Crippen LogP contribution in [0.5, 0.6) is 0 Å². The van der Waals surface area contributed by atoms with Gasteiger partial charge in [-0.3, -0.25) is 0 Å². The summed E-state index contributed by atoms with van der Waals surface area (Å²) < 4.78 is 64.5. The summed E-state index contributed by atoms with van der Waals surface area (Å²) in [5.74, 6) is 2.00. The highest BCUT2D eigenvalue weighted by molar-refractivity contribution is 5.26. The molecular weight excluding hydrogens is 444 g/mol. The van der Waals surface area contributed by atoms with Crippen LogP contribution in [0.25, 0.3) is 0 Å². The van der Waals surface area contributed by atoms with E-state index in [9.17, 15) is 17.6 Å². The lowest BCUT2D eigenvalue weighted by atomic mass is 9.74. The minimum Gasteiger partial charge on any atom is -0.352 e. The highest BCUT2D eigenvalue weighted by atomic mass is 19.4. The molecule has 2 saturated carbocycles. The number of rotatable bonds is 7. The maximum absolute atomic E-state index is 13.8. The Morgan fingerprint density at radius 2 is 1.38 bits per heavy atom. The highest BCUT2D eigenvalue weighted by Crippen LogP contribution is 2.40. The highest BCUT2D eigenvalue weighted by Gasteiger charge is 2.36. The summed E-state index contributed by atoms with van der Waals surface area (Å²) in [6.07, 6.45) is 9.06. The van der Waals surface area contributed by atoms with Gasteiger partial charge < -0.3 is 9.47 Å². The number of benzene rings is 1. The quantitative estimate of drug-likeness (QED) is 0.363. The van der Waals surface area contributed by atoms with Crippen molar-refractivity contribution < 1.29 is 27.0 Å². The van der Waals surface area contributed by atoms with Gasteiger partial charge in [0.25, 0.3) is 0 Å². The van der Waals surface area contributed by atoms with E-state index < -0.39 is 17.6 Å². The average molecular weight is 485 g/mol. The Morgan fingerprint density at radius 3 is 1.94 bits per heavy atom. The summed E-state index contributed by atoms with van der Waals surface area (Å²) in [6, 6.07) is 3.32. The van der Waals surface area contributed by atoms with Gasteiger partial charge in [-0.1, -0.05) is 38.7 Å². The van der Waals surface area contributed by atoms with E-state index in [0.29, 0.717) is 29.7 Å². The molecule has 0 bridgehead atoms. The van der Waals surface area contributed by atoms with Gasteiger partial charge in [-0.2, -0.15) is 13.2 Å². The van der Waals surface area contributed by atoms with Gasteiger partial charge >= 0.3 is 6.18 Å². The molecule has 192 valence electrons. The number of alkyl halides is 3. The molecule has 1 aromatic rings. The standard InChI is InChI=1S/C28H40F4O2/c1-2-3-19-6-11-22(12-7-19)24-17-33-27(34-18-24)23-13-8-20(9-14-23)4-5-21-10-15-25(26(29)16-21)28(30,31)32/h10,15-16,19-20,22-24,27H,2-9,11-14,17-18H2,1H3. The third-order valence-corrected chi connectivity index (χ3v) is 8.66. The number of aryl methyl sites for hydroxylation is 1. The summed E-state index contributed by atoms with van der Waals surface area (Å²) in [5.41, 5.74) is -0.544. The Morgan fingerprint density at radius 1 is 0.794 bits per heavy atom. The van der Waals surface area contributed by atoms with Crippen LogP contribution < -0.4 is 0 Å². The predicted molar refractivity (Wildman–Crippen MR) is 125 cm³/mol. The summed E-state index contributed by atoms with van der Waals surface area (Å²) in [4.78, 5) is 0. The molecule has 1 saturated heterocycles. The molecule has 4 rings (SSSR count). The molecule has 1 heterocycles. The first-order chi connectivity index (χ1) is 16.3. The lowest BCUT2D eigenvalue weighted by Gasteiger charge is -2.41. The first-order valence-electron chi connectivity index (χ1n) is 13.4. The molecular formula is C28H40F4O2. The van der Waals surface area contributed by atoms with Crippen LogP contribution in [-0.4, -0.2) is 19.5 Å². The van der Waals surface area contributed by atoms with E-state index in [0.717, 1.165) is 69.3 Å². The Labute approximate surface area is 201 Å². The number of hydrogen-bond acceptors (Lipinski definition) is 2. The van der Waals surface area contributed by atoms with Crippen molar-refractivity contribution in [3.05, 3.63) is 35.1 Å². The first-order valence-corrected chi connectivity index (χ1v) is 13.4. The van der Waals surface area contributed by atoms with Gasteiger partial charge in [0.2, 0.25) is 0 Å². The molecule has 6 heteroatoms. The van der Waals surface area contributed by atoms with Crippen molar-refractivity contribution in [2.24, 2.45) is 29.6 Å². The Kier molecular flexibility index (Phi) is 8.95. The van der Waals surface area contributed by atoms with Crippen LogP contribution in [0.15, 0.2) is 18.2 Å². The molecule has 34 heavy (non-hydrogen) atoms. The second-order valence-corrected chi connectivity index (χ2v) is 11.0. The van der Waals surface area contributed by atoms with E-state index in [1.807, 2.05) is 0 Å². The zero-order valence-electron chi connectivity index (χ0n) is 20.4. The lowest BCUT2D eigenvalue weighted by molar-refractivity contribution is -0.237. The van der Waals surface area contributed by atoms with Crippen molar-refractivity contribution >= 4 is 0 Å². The summed E-state index contributed by atoms with van der Waals surface area (Å²) in [6.45, 7) is 3.93. The number of hydrogen-bond donors (Lipinski definition) is 0. The van der Waals surface area contributed by atoms with E-state index in [1.165, 1.54) is 44.6 Å². The van der Waals surface area contributed by atoms with E-state index in [4.69, 9.17) is 9.47 Å². The minimum absolute atomic E-state index is 0.0855. The van der Waals surface area contributed by atoms with Crippen molar-refractivity contribution in [3.8, 4) is 0 Å². The molecule has 3 fully saturated rings. The Bertz CT molecular complexity index is 756. The molecule has 2 nitrogen and oxygen atoms in total. The van der Waals surface area contributed by atoms with Gasteiger partial charge in [-0.15, -0.1) is 0 Å². The number of ether oxygens (including phenoxy) is 2. The first kappa shape index (κ1) is 25.9. The zero-order chi connectivity index (χ0) is 24.1. The fourth-order valence-corrected chi connectivity index (χ4v) is 6.50. The van der Waals surface area contributed by atoms with E-state index in [2.05, 4.69) is 6.92 Å². The van der Waals surface area contributed by atoms with Crippen LogP contribution in [0.4, 0.5) is 17.6 Å². The molecule has 2 aliphatic carbocycles. The number of halogens is 4. The molecule has 3 aliphatic rings. The predicted octanol–water partition coefficient (Wildman–Crippen LogP) is 8.18. The van der Waals surface area contributed by atoms with Crippen molar-refractivity contribution in [2.45, 2.75) is 96.4 Å².